The van der Waals surface area contributed by atoms with Crippen molar-refractivity contribution in [2.45, 2.75) is 25.5 Å². The van der Waals surface area contributed by atoms with Gasteiger partial charge >= 0.3 is 0 Å². The van der Waals surface area contributed by atoms with Gasteiger partial charge in [-0.1, -0.05) is 6.92 Å². The highest BCUT2D eigenvalue weighted by Crippen LogP contribution is 2.32. The second-order valence-corrected chi connectivity index (χ2v) is 5.00. The van der Waals surface area contributed by atoms with Crippen LogP contribution in [0.15, 0.2) is 5.51 Å². The van der Waals surface area contributed by atoms with Gasteiger partial charge in [0.15, 0.2) is 0 Å². The average Bonchev–Trinajstić information content (AvgIpc) is 2.47. The molecule has 1 unspecified atom stereocenters. The van der Waals surface area contributed by atoms with E-state index in [2.05, 4.69) is 25.8 Å². The van der Waals surface area contributed by atoms with Gasteiger partial charge in [0.2, 0.25) is 0 Å². The number of thioether (sulfide) groups is 1. The monoisotopic (exact) mass is 200 g/mol. The third-order valence-corrected chi connectivity index (χ3v) is 4.19. The predicted octanol–water partition coefficient (Wildman–Crippen LogP) is 3.47. The van der Waals surface area contributed by atoms with Crippen molar-refractivity contribution in [3.63, 3.8) is 0 Å². The van der Waals surface area contributed by atoms with Crippen LogP contribution in [0.3, 0.4) is 0 Å². The van der Waals surface area contributed by atoms with Crippen molar-refractivity contribution in [2.75, 3.05) is 5.75 Å². The van der Waals surface area contributed by atoms with Crippen molar-refractivity contribution in [2.24, 2.45) is 0 Å². The van der Waals surface area contributed by atoms with E-state index in [1.807, 2.05) is 17.3 Å². The fourth-order valence-corrected chi connectivity index (χ4v) is 2.99. The maximum Gasteiger partial charge on any atom is 0.0797 e. The van der Waals surface area contributed by atoms with Crippen molar-refractivity contribution in [1.29, 1.82) is 0 Å². The number of rotatable bonds is 4. The topological polar surface area (TPSA) is 12.9 Å². The van der Waals surface area contributed by atoms with Crippen LogP contribution in [0.1, 0.15) is 29.2 Å². The Morgan fingerprint density at radius 2 is 2.50 bits per heavy atom. The van der Waals surface area contributed by atoms with Gasteiger partial charge in [0.1, 0.15) is 0 Å². The molecule has 0 bridgehead atoms. The molecule has 1 atom stereocenters. The summed E-state index contributed by atoms with van der Waals surface area (Å²) in [5, 5.41) is 0.583. The molecule has 1 rings (SSSR count). The summed E-state index contributed by atoms with van der Waals surface area (Å²) in [5.74, 6) is 1.14. The van der Waals surface area contributed by atoms with Crippen molar-refractivity contribution in [3.05, 3.63) is 23.0 Å². The van der Waals surface area contributed by atoms with Crippen LogP contribution in [-0.2, 0) is 0 Å². The lowest BCUT2D eigenvalue weighted by Crippen LogP contribution is -1.89. The number of aromatic nitrogens is 1. The highest BCUT2D eigenvalue weighted by molar-refractivity contribution is 7.99. The maximum atomic E-state index is 4.24. The van der Waals surface area contributed by atoms with Crippen LogP contribution >= 0.6 is 23.1 Å². The van der Waals surface area contributed by atoms with Gasteiger partial charge in [0, 0.05) is 10.1 Å². The maximum absolute atomic E-state index is 4.24. The molecule has 1 heterocycles. The Kier molecular flexibility index (Phi) is 4.09. The molecule has 1 aromatic rings. The van der Waals surface area contributed by atoms with E-state index in [1.165, 1.54) is 10.6 Å². The van der Waals surface area contributed by atoms with Gasteiger partial charge in [-0.3, -0.25) is 0 Å². The fraction of sp³-hybridized carbons (Fsp3) is 0.556. The first-order chi connectivity index (χ1) is 5.75. The third kappa shape index (κ3) is 2.49. The Morgan fingerprint density at radius 1 is 1.75 bits per heavy atom. The van der Waals surface area contributed by atoms with Gasteiger partial charge in [-0.25, -0.2) is 4.98 Å². The predicted molar refractivity (Wildman–Crippen MR) is 57.7 cm³/mol. The van der Waals surface area contributed by atoms with Gasteiger partial charge in [0.25, 0.3) is 0 Å². The van der Waals surface area contributed by atoms with E-state index in [-0.39, 0.29) is 0 Å². The van der Waals surface area contributed by atoms with Gasteiger partial charge in [-0.05, 0) is 26.0 Å². The normalized spacial score (nSPS) is 13.2. The minimum Gasteiger partial charge on any atom is -0.250 e. The van der Waals surface area contributed by atoms with Gasteiger partial charge < -0.3 is 0 Å². The van der Waals surface area contributed by atoms with Crippen molar-refractivity contribution < 1.29 is 0 Å². The summed E-state index contributed by atoms with van der Waals surface area (Å²) in [6.07, 6.45) is 1.01. The number of thiazole rings is 1. The second-order valence-electron chi connectivity index (χ2n) is 2.67. The van der Waals surface area contributed by atoms with E-state index in [0.717, 1.165) is 12.2 Å². The standard InChI is InChI=1S/C9H14NS2/c1-4-5-11-8(3)9-7(2)10-6-12-9/h6,8H,1,4-5H2,2-3H3. The van der Waals surface area contributed by atoms with Crippen LogP contribution in [0.2, 0.25) is 0 Å². The van der Waals surface area contributed by atoms with Crippen LogP contribution in [-0.4, -0.2) is 10.7 Å². The molecule has 12 heavy (non-hydrogen) atoms. The van der Waals surface area contributed by atoms with E-state index >= 15 is 0 Å². The summed E-state index contributed by atoms with van der Waals surface area (Å²) in [7, 11) is 0. The second kappa shape index (κ2) is 4.87. The first-order valence-electron chi connectivity index (χ1n) is 4.06. The zero-order chi connectivity index (χ0) is 8.97. The SMILES string of the molecule is [CH2]CCSC(C)c1scnc1C. The molecule has 1 nitrogen and oxygen atoms in total. The molecule has 67 valence electrons. The van der Waals surface area contributed by atoms with Crippen molar-refractivity contribution >= 4 is 23.1 Å². The minimum atomic E-state index is 0.583. The largest absolute Gasteiger partial charge is 0.250 e. The highest BCUT2D eigenvalue weighted by Gasteiger charge is 2.10. The zero-order valence-corrected chi connectivity index (χ0v) is 9.17. The van der Waals surface area contributed by atoms with E-state index in [9.17, 15) is 0 Å². The van der Waals surface area contributed by atoms with Crippen LogP contribution in [0.4, 0.5) is 0 Å². The van der Waals surface area contributed by atoms with Gasteiger partial charge in [-0.15, -0.1) is 11.3 Å². The summed E-state index contributed by atoms with van der Waals surface area (Å²) >= 11 is 3.71. The average molecular weight is 200 g/mol. The smallest absolute Gasteiger partial charge is 0.0797 e. The molecule has 0 aliphatic rings. The number of hydrogen-bond acceptors (Lipinski definition) is 3. The summed E-state index contributed by atoms with van der Waals surface area (Å²) in [6, 6.07) is 0. The Bertz CT molecular complexity index is 232. The Morgan fingerprint density at radius 3 is 3.00 bits per heavy atom. The number of aryl methyl sites for hydroxylation is 1. The number of hydrogen-bond donors (Lipinski definition) is 0. The minimum absolute atomic E-state index is 0.583. The summed E-state index contributed by atoms with van der Waals surface area (Å²) in [5.41, 5.74) is 3.11. The molecule has 0 aliphatic heterocycles. The summed E-state index contributed by atoms with van der Waals surface area (Å²) in [4.78, 5) is 5.65. The summed E-state index contributed by atoms with van der Waals surface area (Å²) in [6.45, 7) is 8.14. The third-order valence-electron chi connectivity index (χ3n) is 1.66. The molecule has 0 saturated heterocycles. The van der Waals surface area contributed by atoms with Crippen LogP contribution in [0.5, 0.6) is 0 Å². The quantitative estimate of drug-likeness (QED) is 0.738. The van der Waals surface area contributed by atoms with E-state index in [0.29, 0.717) is 5.25 Å². The van der Waals surface area contributed by atoms with Gasteiger partial charge in [0.05, 0.1) is 11.2 Å². The Balaban J connectivity index is 2.52. The highest BCUT2D eigenvalue weighted by atomic mass is 32.2. The molecule has 1 aromatic heterocycles. The molecular formula is C9H14NS2. The number of nitrogens with zero attached hydrogens (tertiary/aromatic N) is 1. The lowest BCUT2D eigenvalue weighted by atomic mass is 10.3. The zero-order valence-electron chi connectivity index (χ0n) is 7.54. The van der Waals surface area contributed by atoms with Gasteiger partial charge in [-0.2, -0.15) is 11.8 Å². The van der Waals surface area contributed by atoms with E-state index < -0.39 is 0 Å². The van der Waals surface area contributed by atoms with E-state index in [1.54, 1.807) is 11.3 Å². The molecule has 0 N–H and O–H groups in total. The molecule has 0 fully saturated rings. The molecule has 0 saturated carbocycles. The summed E-state index contributed by atoms with van der Waals surface area (Å²) < 4.78 is 0. The lowest BCUT2D eigenvalue weighted by Gasteiger charge is -2.08. The van der Waals surface area contributed by atoms with Crippen LogP contribution in [0.25, 0.3) is 0 Å². The molecular weight excluding hydrogens is 186 g/mol. The molecule has 0 aliphatic carbocycles. The lowest BCUT2D eigenvalue weighted by molar-refractivity contribution is 1.07. The van der Waals surface area contributed by atoms with Crippen LogP contribution in [0, 0.1) is 13.8 Å². The molecule has 1 radical (unpaired) electrons. The van der Waals surface area contributed by atoms with Crippen molar-refractivity contribution in [3.8, 4) is 0 Å². The molecule has 3 heteroatoms. The Hall–Kier alpha value is -0.0200. The molecule has 0 spiro atoms. The van der Waals surface area contributed by atoms with Crippen molar-refractivity contribution in [1.82, 2.24) is 4.98 Å². The Labute approximate surface area is 82.6 Å². The first-order valence-corrected chi connectivity index (χ1v) is 5.99. The van der Waals surface area contributed by atoms with Crippen LogP contribution < -0.4 is 0 Å². The fourth-order valence-electron chi connectivity index (χ4n) is 1.04. The molecule has 0 aromatic carbocycles. The van der Waals surface area contributed by atoms with E-state index in [4.69, 9.17) is 0 Å². The molecule has 0 amide bonds. The first kappa shape index (κ1) is 10.1.